The van der Waals surface area contributed by atoms with Crippen molar-refractivity contribution in [2.24, 2.45) is 5.73 Å². The van der Waals surface area contributed by atoms with E-state index in [1.54, 1.807) is 20.8 Å². The number of nitrogens with two attached hydrogens (primary N) is 1. The predicted molar refractivity (Wildman–Crippen MR) is 55.6 cm³/mol. The maximum absolute atomic E-state index is 12.3. The number of hydrogen-bond donors (Lipinski definition) is 1. The molecule has 0 amide bonds. The molecule has 0 spiro atoms. The summed E-state index contributed by atoms with van der Waals surface area (Å²) in [4.78, 5) is 1.40. The lowest BCUT2D eigenvalue weighted by Gasteiger charge is -2.36. The summed E-state index contributed by atoms with van der Waals surface area (Å²) in [7, 11) is 0. The van der Waals surface area contributed by atoms with E-state index in [2.05, 4.69) is 0 Å². The van der Waals surface area contributed by atoms with Crippen LogP contribution in [0.5, 0.6) is 0 Å². The first-order valence-electron chi connectivity index (χ1n) is 5.27. The van der Waals surface area contributed by atoms with Gasteiger partial charge in [-0.05, 0) is 27.2 Å². The molecule has 0 fully saturated rings. The van der Waals surface area contributed by atoms with Crippen molar-refractivity contribution >= 4 is 0 Å². The zero-order valence-corrected chi connectivity index (χ0v) is 9.80. The first-order chi connectivity index (χ1) is 6.69. The average molecular weight is 226 g/mol. The van der Waals surface area contributed by atoms with Gasteiger partial charge >= 0.3 is 6.18 Å². The summed E-state index contributed by atoms with van der Waals surface area (Å²) in [6, 6.07) is -0.620. The third kappa shape index (κ3) is 5.37. The smallest absolute Gasteiger partial charge is 0.326 e. The van der Waals surface area contributed by atoms with Gasteiger partial charge in [0.25, 0.3) is 0 Å². The third-order valence-corrected chi connectivity index (χ3v) is 2.64. The van der Waals surface area contributed by atoms with E-state index in [9.17, 15) is 13.2 Å². The molecule has 5 heteroatoms. The second-order valence-electron chi connectivity index (χ2n) is 4.19. The molecule has 0 aliphatic carbocycles. The highest BCUT2D eigenvalue weighted by atomic mass is 19.4. The van der Waals surface area contributed by atoms with E-state index < -0.39 is 12.7 Å². The topological polar surface area (TPSA) is 29.3 Å². The first-order valence-corrected chi connectivity index (χ1v) is 5.27. The summed E-state index contributed by atoms with van der Waals surface area (Å²) in [6.07, 6.45) is -3.48. The van der Waals surface area contributed by atoms with E-state index in [1.165, 1.54) is 4.90 Å². The summed E-state index contributed by atoms with van der Waals surface area (Å²) in [5.41, 5.74) is 5.77. The highest BCUT2D eigenvalue weighted by Gasteiger charge is 2.35. The van der Waals surface area contributed by atoms with E-state index in [0.717, 1.165) is 0 Å². The molecular formula is C10H21F3N2. The zero-order chi connectivity index (χ0) is 12.2. The van der Waals surface area contributed by atoms with Crippen LogP contribution in [0.3, 0.4) is 0 Å². The van der Waals surface area contributed by atoms with E-state index in [1.807, 2.05) is 6.92 Å². The van der Waals surface area contributed by atoms with Crippen LogP contribution in [-0.2, 0) is 0 Å². The molecule has 0 aromatic rings. The Kier molecular flexibility index (Phi) is 5.59. The molecule has 0 saturated heterocycles. The van der Waals surface area contributed by atoms with Gasteiger partial charge in [-0.3, -0.25) is 4.90 Å². The van der Waals surface area contributed by atoms with Crippen molar-refractivity contribution in [2.75, 3.05) is 6.54 Å². The van der Waals surface area contributed by atoms with Crippen molar-refractivity contribution in [1.82, 2.24) is 4.90 Å². The summed E-state index contributed by atoms with van der Waals surface area (Å²) in [5.74, 6) is 0. The van der Waals surface area contributed by atoms with Gasteiger partial charge < -0.3 is 5.73 Å². The average Bonchev–Trinajstić information content (AvgIpc) is 2.10. The Labute approximate surface area is 89.6 Å². The van der Waals surface area contributed by atoms with Crippen molar-refractivity contribution in [3.8, 4) is 0 Å². The van der Waals surface area contributed by atoms with Gasteiger partial charge in [0.15, 0.2) is 0 Å². The molecule has 0 saturated carbocycles. The molecule has 2 unspecified atom stereocenters. The van der Waals surface area contributed by atoms with Gasteiger partial charge in [-0.1, -0.05) is 6.92 Å². The normalized spacial score (nSPS) is 17.2. The van der Waals surface area contributed by atoms with Crippen molar-refractivity contribution < 1.29 is 13.2 Å². The summed E-state index contributed by atoms with van der Waals surface area (Å²) < 4.78 is 36.9. The van der Waals surface area contributed by atoms with Crippen LogP contribution in [0.4, 0.5) is 13.2 Å². The van der Waals surface area contributed by atoms with Crippen LogP contribution < -0.4 is 5.73 Å². The second-order valence-corrected chi connectivity index (χ2v) is 4.19. The summed E-state index contributed by atoms with van der Waals surface area (Å²) in [6.45, 7) is 6.25. The molecule has 0 radical (unpaired) electrons. The van der Waals surface area contributed by atoms with Crippen LogP contribution in [0, 0.1) is 0 Å². The van der Waals surface area contributed by atoms with Crippen LogP contribution in [0.15, 0.2) is 0 Å². The zero-order valence-electron chi connectivity index (χ0n) is 9.80. The van der Waals surface area contributed by atoms with Gasteiger partial charge in [-0.25, -0.2) is 0 Å². The van der Waals surface area contributed by atoms with E-state index in [0.29, 0.717) is 6.42 Å². The molecule has 0 rings (SSSR count). The summed E-state index contributed by atoms with van der Waals surface area (Å²) >= 11 is 0. The molecule has 0 bridgehead atoms. The standard InChI is InChI=1S/C10H21F3N2/c1-5-9(14)8(4)15(7(2)3)6-10(11,12)13/h7-9H,5-6,14H2,1-4H3. The monoisotopic (exact) mass is 226 g/mol. The minimum absolute atomic E-state index is 0.153. The molecule has 0 aromatic heterocycles. The molecule has 15 heavy (non-hydrogen) atoms. The highest BCUT2D eigenvalue weighted by Crippen LogP contribution is 2.21. The minimum Gasteiger partial charge on any atom is -0.326 e. The Morgan fingerprint density at radius 1 is 1.20 bits per heavy atom. The number of halogens is 3. The molecule has 0 aromatic carbocycles. The van der Waals surface area contributed by atoms with Crippen LogP contribution in [-0.4, -0.2) is 35.7 Å². The SMILES string of the molecule is CCC(N)C(C)N(CC(F)(F)F)C(C)C. The fourth-order valence-corrected chi connectivity index (χ4v) is 1.59. The lowest BCUT2D eigenvalue weighted by molar-refractivity contribution is -0.155. The lowest BCUT2D eigenvalue weighted by atomic mass is 10.1. The minimum atomic E-state index is -4.16. The Bertz CT molecular complexity index is 180. The largest absolute Gasteiger partial charge is 0.401 e. The van der Waals surface area contributed by atoms with E-state index in [4.69, 9.17) is 5.73 Å². The summed E-state index contributed by atoms with van der Waals surface area (Å²) in [5, 5.41) is 0. The number of nitrogens with zero attached hydrogens (tertiary/aromatic N) is 1. The molecule has 0 heterocycles. The third-order valence-electron chi connectivity index (χ3n) is 2.64. The van der Waals surface area contributed by atoms with Crippen molar-refractivity contribution in [3.63, 3.8) is 0 Å². The molecule has 2 atom stereocenters. The Morgan fingerprint density at radius 3 is 1.93 bits per heavy atom. The van der Waals surface area contributed by atoms with Crippen molar-refractivity contribution in [1.29, 1.82) is 0 Å². The molecule has 0 aliphatic heterocycles. The van der Waals surface area contributed by atoms with Crippen LogP contribution in [0.2, 0.25) is 0 Å². The highest BCUT2D eigenvalue weighted by molar-refractivity contribution is 4.81. The van der Waals surface area contributed by atoms with Gasteiger partial charge in [0.2, 0.25) is 0 Å². The fraction of sp³-hybridized carbons (Fsp3) is 1.00. The van der Waals surface area contributed by atoms with E-state index in [-0.39, 0.29) is 18.1 Å². The molecule has 2 nitrogen and oxygen atoms in total. The van der Waals surface area contributed by atoms with Gasteiger partial charge in [0.1, 0.15) is 0 Å². The molecule has 92 valence electrons. The van der Waals surface area contributed by atoms with Crippen molar-refractivity contribution in [2.45, 2.75) is 58.4 Å². The Hall–Kier alpha value is -0.290. The molecule has 0 aliphatic rings. The Morgan fingerprint density at radius 2 is 1.67 bits per heavy atom. The first kappa shape index (κ1) is 14.7. The van der Waals surface area contributed by atoms with E-state index >= 15 is 0 Å². The van der Waals surface area contributed by atoms with Gasteiger partial charge in [0, 0.05) is 18.1 Å². The van der Waals surface area contributed by atoms with Gasteiger partial charge in [-0.15, -0.1) is 0 Å². The van der Waals surface area contributed by atoms with Crippen LogP contribution >= 0.6 is 0 Å². The number of hydrogen-bond acceptors (Lipinski definition) is 2. The fourth-order valence-electron chi connectivity index (χ4n) is 1.59. The maximum atomic E-state index is 12.3. The predicted octanol–water partition coefficient (Wildman–Crippen LogP) is 2.38. The number of rotatable bonds is 5. The molecular weight excluding hydrogens is 205 g/mol. The second kappa shape index (κ2) is 5.70. The quantitative estimate of drug-likeness (QED) is 0.780. The molecule has 2 N–H and O–H groups in total. The van der Waals surface area contributed by atoms with Crippen LogP contribution in [0.1, 0.15) is 34.1 Å². The lowest BCUT2D eigenvalue weighted by Crippen LogP contribution is -2.51. The van der Waals surface area contributed by atoms with Gasteiger partial charge in [0.05, 0.1) is 6.54 Å². The van der Waals surface area contributed by atoms with Crippen LogP contribution in [0.25, 0.3) is 0 Å². The van der Waals surface area contributed by atoms with Gasteiger partial charge in [-0.2, -0.15) is 13.2 Å². The maximum Gasteiger partial charge on any atom is 0.401 e. The Balaban J connectivity index is 4.52. The van der Waals surface area contributed by atoms with Crippen molar-refractivity contribution in [3.05, 3.63) is 0 Å². The number of alkyl halides is 3.